The number of methoxy groups -OCH3 is 1. The average molecular weight is 338 g/mol. The summed E-state index contributed by atoms with van der Waals surface area (Å²) in [5.41, 5.74) is 2.01. The van der Waals surface area contributed by atoms with Gasteiger partial charge in [-0.25, -0.2) is 4.98 Å². The number of imidazole rings is 1. The highest BCUT2D eigenvalue weighted by Crippen LogP contribution is 2.26. The maximum absolute atomic E-state index is 5.32. The number of unbranched alkanes of at least 4 members (excludes halogenated alkanes) is 1. The van der Waals surface area contributed by atoms with Crippen LogP contribution in [-0.4, -0.2) is 23.2 Å². The standard InChI is InChI=1S/C15H20BrN3O/c1-4-5-6-17-15-18-11(2)10-19(15)13-7-12(16)8-14(9-13)20-3/h7-10H,4-6H2,1-3H3,(H,17,18). The number of hydrogen-bond donors (Lipinski definition) is 1. The lowest BCUT2D eigenvalue weighted by Crippen LogP contribution is -2.07. The molecule has 0 unspecified atom stereocenters. The minimum Gasteiger partial charge on any atom is -0.497 e. The van der Waals surface area contributed by atoms with Crippen LogP contribution in [0, 0.1) is 6.92 Å². The van der Waals surface area contributed by atoms with E-state index in [4.69, 9.17) is 4.74 Å². The smallest absolute Gasteiger partial charge is 0.207 e. The van der Waals surface area contributed by atoms with Crippen molar-refractivity contribution in [2.75, 3.05) is 19.0 Å². The van der Waals surface area contributed by atoms with E-state index in [-0.39, 0.29) is 0 Å². The molecule has 0 atom stereocenters. The third-order valence-electron chi connectivity index (χ3n) is 3.01. The summed E-state index contributed by atoms with van der Waals surface area (Å²) in [5, 5.41) is 3.39. The fraction of sp³-hybridized carbons (Fsp3) is 0.400. The number of rotatable bonds is 6. The fourth-order valence-corrected chi connectivity index (χ4v) is 2.46. The van der Waals surface area contributed by atoms with Gasteiger partial charge in [-0.1, -0.05) is 29.3 Å². The number of nitrogens with zero attached hydrogens (tertiary/aromatic N) is 2. The Morgan fingerprint density at radius 2 is 2.15 bits per heavy atom. The molecule has 108 valence electrons. The molecule has 0 aliphatic heterocycles. The SMILES string of the molecule is CCCCNc1nc(C)cn1-c1cc(Br)cc(OC)c1. The lowest BCUT2D eigenvalue weighted by molar-refractivity contribution is 0.414. The van der Waals surface area contributed by atoms with Gasteiger partial charge in [-0.3, -0.25) is 4.57 Å². The molecule has 1 N–H and O–H groups in total. The number of benzene rings is 1. The van der Waals surface area contributed by atoms with Crippen molar-refractivity contribution in [2.24, 2.45) is 0 Å². The molecule has 0 aliphatic carbocycles. The molecular formula is C15H20BrN3O. The fourth-order valence-electron chi connectivity index (χ4n) is 2.00. The molecule has 0 saturated carbocycles. The second kappa shape index (κ2) is 6.79. The predicted molar refractivity (Wildman–Crippen MR) is 86.0 cm³/mol. The number of nitrogens with one attached hydrogen (secondary N) is 1. The first-order valence-corrected chi connectivity index (χ1v) is 7.58. The van der Waals surface area contributed by atoms with Crippen LogP contribution >= 0.6 is 15.9 Å². The zero-order valence-corrected chi connectivity index (χ0v) is 13.7. The number of aromatic nitrogens is 2. The predicted octanol–water partition coefficient (Wildman–Crippen LogP) is 4.16. The van der Waals surface area contributed by atoms with Gasteiger partial charge in [-0.05, 0) is 25.5 Å². The normalized spacial score (nSPS) is 10.6. The van der Waals surface area contributed by atoms with E-state index in [2.05, 4.69) is 43.8 Å². The van der Waals surface area contributed by atoms with Gasteiger partial charge in [0.1, 0.15) is 5.75 Å². The van der Waals surface area contributed by atoms with E-state index < -0.39 is 0 Å². The largest absolute Gasteiger partial charge is 0.497 e. The van der Waals surface area contributed by atoms with Crippen LogP contribution in [0.15, 0.2) is 28.9 Å². The molecule has 0 saturated heterocycles. The molecule has 1 aromatic heterocycles. The Bertz CT molecular complexity index is 580. The van der Waals surface area contributed by atoms with Crippen LogP contribution in [0.5, 0.6) is 5.75 Å². The lowest BCUT2D eigenvalue weighted by Gasteiger charge is -2.11. The van der Waals surface area contributed by atoms with Gasteiger partial charge in [0, 0.05) is 23.3 Å². The van der Waals surface area contributed by atoms with Gasteiger partial charge < -0.3 is 10.1 Å². The maximum Gasteiger partial charge on any atom is 0.207 e. The Kier molecular flexibility index (Phi) is 5.06. The second-order valence-electron chi connectivity index (χ2n) is 4.71. The summed E-state index contributed by atoms with van der Waals surface area (Å²) in [6, 6.07) is 5.99. The van der Waals surface area contributed by atoms with Gasteiger partial charge in [0.15, 0.2) is 0 Å². The highest BCUT2D eigenvalue weighted by molar-refractivity contribution is 9.10. The van der Waals surface area contributed by atoms with Crippen molar-refractivity contribution in [3.8, 4) is 11.4 Å². The molecule has 20 heavy (non-hydrogen) atoms. The van der Waals surface area contributed by atoms with E-state index in [1.54, 1.807) is 7.11 Å². The summed E-state index contributed by atoms with van der Waals surface area (Å²) >= 11 is 3.51. The van der Waals surface area contributed by atoms with Gasteiger partial charge >= 0.3 is 0 Å². The molecule has 2 aromatic rings. The minimum atomic E-state index is 0.820. The summed E-state index contributed by atoms with van der Waals surface area (Å²) in [4.78, 5) is 4.54. The first-order chi connectivity index (χ1) is 9.63. The third kappa shape index (κ3) is 3.54. The molecule has 0 amide bonds. The minimum absolute atomic E-state index is 0.820. The highest BCUT2D eigenvalue weighted by Gasteiger charge is 2.09. The Balaban J connectivity index is 2.33. The van der Waals surface area contributed by atoms with E-state index in [0.29, 0.717) is 0 Å². The maximum atomic E-state index is 5.32. The summed E-state index contributed by atoms with van der Waals surface area (Å²) in [7, 11) is 1.67. The number of aryl methyl sites for hydroxylation is 1. The van der Waals surface area contributed by atoms with Crippen LogP contribution in [-0.2, 0) is 0 Å². The Morgan fingerprint density at radius 3 is 2.85 bits per heavy atom. The van der Waals surface area contributed by atoms with E-state index in [9.17, 15) is 0 Å². The molecule has 0 radical (unpaired) electrons. The number of halogens is 1. The number of hydrogen-bond acceptors (Lipinski definition) is 3. The molecule has 0 fully saturated rings. The monoisotopic (exact) mass is 337 g/mol. The Hall–Kier alpha value is -1.49. The van der Waals surface area contributed by atoms with Gasteiger partial charge in [-0.2, -0.15) is 0 Å². The van der Waals surface area contributed by atoms with Crippen molar-refractivity contribution in [1.29, 1.82) is 0 Å². The zero-order valence-electron chi connectivity index (χ0n) is 12.1. The van der Waals surface area contributed by atoms with Crippen LogP contribution in [0.25, 0.3) is 5.69 Å². The van der Waals surface area contributed by atoms with Crippen molar-refractivity contribution < 1.29 is 4.74 Å². The van der Waals surface area contributed by atoms with Gasteiger partial charge in [0.05, 0.1) is 18.5 Å². The molecule has 1 aromatic carbocycles. The molecule has 5 heteroatoms. The van der Waals surface area contributed by atoms with Crippen molar-refractivity contribution >= 4 is 21.9 Å². The number of ether oxygens (including phenoxy) is 1. The van der Waals surface area contributed by atoms with E-state index in [1.807, 2.05) is 25.3 Å². The van der Waals surface area contributed by atoms with Gasteiger partial charge in [-0.15, -0.1) is 0 Å². The van der Waals surface area contributed by atoms with Crippen molar-refractivity contribution in [2.45, 2.75) is 26.7 Å². The van der Waals surface area contributed by atoms with Crippen LogP contribution in [0.3, 0.4) is 0 Å². The summed E-state index contributed by atoms with van der Waals surface area (Å²) in [6.07, 6.45) is 4.32. The molecule has 2 rings (SSSR count). The molecular weight excluding hydrogens is 318 g/mol. The van der Waals surface area contributed by atoms with Crippen molar-refractivity contribution in [1.82, 2.24) is 9.55 Å². The summed E-state index contributed by atoms with van der Waals surface area (Å²) in [5.74, 6) is 1.69. The van der Waals surface area contributed by atoms with Crippen LogP contribution in [0.2, 0.25) is 0 Å². The molecule has 0 aliphatic rings. The first kappa shape index (κ1) is 14.9. The third-order valence-corrected chi connectivity index (χ3v) is 3.47. The van der Waals surface area contributed by atoms with Gasteiger partial charge in [0.2, 0.25) is 5.95 Å². The molecule has 1 heterocycles. The van der Waals surface area contributed by atoms with Crippen LogP contribution in [0.4, 0.5) is 5.95 Å². The quantitative estimate of drug-likeness (QED) is 0.804. The lowest BCUT2D eigenvalue weighted by atomic mass is 10.3. The van der Waals surface area contributed by atoms with E-state index in [0.717, 1.165) is 46.9 Å². The van der Waals surface area contributed by atoms with Crippen LogP contribution in [0.1, 0.15) is 25.5 Å². The molecule has 4 nitrogen and oxygen atoms in total. The van der Waals surface area contributed by atoms with Crippen molar-refractivity contribution in [3.63, 3.8) is 0 Å². The average Bonchev–Trinajstić information content (AvgIpc) is 2.79. The first-order valence-electron chi connectivity index (χ1n) is 6.79. The zero-order chi connectivity index (χ0) is 14.5. The van der Waals surface area contributed by atoms with Crippen LogP contribution < -0.4 is 10.1 Å². The van der Waals surface area contributed by atoms with Crippen molar-refractivity contribution in [3.05, 3.63) is 34.6 Å². The Labute approximate surface area is 128 Å². The topological polar surface area (TPSA) is 39.1 Å². The summed E-state index contributed by atoms with van der Waals surface area (Å²) < 4.78 is 8.36. The van der Waals surface area contributed by atoms with E-state index in [1.165, 1.54) is 0 Å². The summed E-state index contributed by atoms with van der Waals surface area (Å²) in [6.45, 7) is 5.10. The van der Waals surface area contributed by atoms with Gasteiger partial charge in [0.25, 0.3) is 0 Å². The molecule has 0 bridgehead atoms. The highest BCUT2D eigenvalue weighted by atomic mass is 79.9. The Morgan fingerprint density at radius 1 is 1.35 bits per heavy atom. The second-order valence-corrected chi connectivity index (χ2v) is 5.62. The molecule has 0 spiro atoms. The number of anilines is 1. The van der Waals surface area contributed by atoms with E-state index >= 15 is 0 Å².